The van der Waals surface area contributed by atoms with Gasteiger partial charge in [0.25, 0.3) is 11.1 Å². The van der Waals surface area contributed by atoms with Crippen LogP contribution in [0.2, 0.25) is 0 Å². The highest BCUT2D eigenvalue weighted by molar-refractivity contribution is 8.18. The molecule has 168 valence electrons. The van der Waals surface area contributed by atoms with Crippen molar-refractivity contribution < 1.29 is 23.9 Å². The van der Waals surface area contributed by atoms with Crippen LogP contribution in [0.3, 0.4) is 0 Å². The molecule has 2 rings (SSSR count). The smallest absolute Gasteiger partial charge is 0.294 e. The fourth-order valence-electron chi connectivity index (χ4n) is 3.07. The van der Waals surface area contributed by atoms with E-state index in [4.69, 9.17) is 9.47 Å². The predicted octanol–water partition coefficient (Wildman–Crippen LogP) is 4.34. The zero-order valence-electron chi connectivity index (χ0n) is 18.4. The second-order valence-corrected chi connectivity index (χ2v) is 7.88. The van der Waals surface area contributed by atoms with Crippen LogP contribution in [0.5, 0.6) is 11.5 Å². The number of carbonyl (C=O) groups excluding carboxylic acids is 3. The third-order valence-corrected chi connectivity index (χ3v) is 5.34. The third-order valence-electron chi connectivity index (χ3n) is 4.43. The Hall–Kier alpha value is -2.74. The Morgan fingerprint density at radius 1 is 1.13 bits per heavy atom. The number of imide groups is 1. The van der Waals surface area contributed by atoms with Crippen LogP contribution in [0, 0.1) is 0 Å². The number of amides is 3. The predicted molar refractivity (Wildman–Crippen MR) is 123 cm³/mol. The summed E-state index contributed by atoms with van der Waals surface area (Å²) < 4.78 is 11.2. The summed E-state index contributed by atoms with van der Waals surface area (Å²) in [6, 6.07) is 5.29. The summed E-state index contributed by atoms with van der Waals surface area (Å²) in [5.41, 5.74) is 0.699. The van der Waals surface area contributed by atoms with E-state index in [0.717, 1.165) is 29.5 Å². The molecule has 7 nitrogen and oxygen atoms in total. The van der Waals surface area contributed by atoms with Crippen molar-refractivity contribution in [1.82, 2.24) is 9.80 Å². The molecule has 0 saturated carbocycles. The first-order valence-electron chi connectivity index (χ1n) is 10.5. The highest BCUT2D eigenvalue weighted by Crippen LogP contribution is 2.34. The number of ether oxygens (including phenoxy) is 2. The molecule has 1 aromatic rings. The Balaban J connectivity index is 2.18. The Morgan fingerprint density at radius 3 is 2.45 bits per heavy atom. The van der Waals surface area contributed by atoms with Crippen molar-refractivity contribution in [2.75, 3.05) is 32.8 Å². The van der Waals surface area contributed by atoms with Crippen LogP contribution >= 0.6 is 11.8 Å². The number of hydrogen-bond acceptors (Lipinski definition) is 6. The van der Waals surface area contributed by atoms with E-state index >= 15 is 0 Å². The van der Waals surface area contributed by atoms with Crippen molar-refractivity contribution in [2.45, 2.75) is 33.6 Å². The van der Waals surface area contributed by atoms with Crippen LogP contribution in [0.4, 0.5) is 4.79 Å². The third kappa shape index (κ3) is 6.62. The molecule has 0 unspecified atom stereocenters. The summed E-state index contributed by atoms with van der Waals surface area (Å²) in [4.78, 5) is 40.8. The van der Waals surface area contributed by atoms with Crippen LogP contribution in [0.25, 0.3) is 6.08 Å². The number of thioether (sulfide) groups is 1. The van der Waals surface area contributed by atoms with E-state index in [1.54, 1.807) is 35.3 Å². The van der Waals surface area contributed by atoms with E-state index < -0.39 is 11.1 Å². The Morgan fingerprint density at radius 2 is 1.84 bits per heavy atom. The highest BCUT2D eigenvalue weighted by Gasteiger charge is 2.37. The average Bonchev–Trinajstić information content (AvgIpc) is 3.00. The molecule has 8 heteroatoms. The molecule has 0 atom stereocenters. The molecule has 0 radical (unpaired) electrons. The Labute approximate surface area is 188 Å². The van der Waals surface area contributed by atoms with E-state index in [2.05, 4.69) is 6.58 Å². The summed E-state index contributed by atoms with van der Waals surface area (Å²) >= 11 is 0.837. The summed E-state index contributed by atoms with van der Waals surface area (Å²) in [6.45, 7) is 11.3. The summed E-state index contributed by atoms with van der Waals surface area (Å²) in [6.07, 6.45) is 4.92. The molecular weight excluding hydrogens is 416 g/mol. The molecule has 1 aromatic carbocycles. The van der Waals surface area contributed by atoms with Crippen LogP contribution in [-0.2, 0) is 9.59 Å². The van der Waals surface area contributed by atoms with Crippen LogP contribution < -0.4 is 9.47 Å². The molecule has 0 aliphatic carbocycles. The lowest BCUT2D eigenvalue weighted by molar-refractivity contribution is -0.135. The first-order valence-corrected chi connectivity index (χ1v) is 11.3. The topological polar surface area (TPSA) is 76.2 Å². The maximum Gasteiger partial charge on any atom is 0.294 e. The molecule has 0 aromatic heterocycles. The zero-order valence-corrected chi connectivity index (χ0v) is 19.2. The van der Waals surface area contributed by atoms with Gasteiger partial charge in [0, 0.05) is 13.1 Å². The minimum atomic E-state index is -0.457. The Bertz CT molecular complexity index is 846. The van der Waals surface area contributed by atoms with E-state index in [0.29, 0.717) is 43.4 Å². The van der Waals surface area contributed by atoms with Crippen molar-refractivity contribution >= 4 is 34.9 Å². The second kappa shape index (κ2) is 12.2. The van der Waals surface area contributed by atoms with Gasteiger partial charge in [-0.3, -0.25) is 19.3 Å². The molecule has 1 saturated heterocycles. The molecule has 1 aliphatic heterocycles. The van der Waals surface area contributed by atoms with Gasteiger partial charge >= 0.3 is 0 Å². The maximum absolute atomic E-state index is 12.8. The molecule has 31 heavy (non-hydrogen) atoms. The van der Waals surface area contributed by atoms with Crippen LogP contribution in [0.1, 0.15) is 39.2 Å². The summed E-state index contributed by atoms with van der Waals surface area (Å²) in [5, 5.41) is -0.437. The fourth-order valence-corrected chi connectivity index (χ4v) is 3.91. The van der Waals surface area contributed by atoms with Crippen molar-refractivity contribution in [3.63, 3.8) is 0 Å². The molecule has 0 N–H and O–H groups in total. The first-order chi connectivity index (χ1) is 14.9. The fraction of sp³-hybridized carbons (Fsp3) is 0.435. The lowest BCUT2D eigenvalue weighted by Gasteiger charge is -2.23. The van der Waals surface area contributed by atoms with Gasteiger partial charge in [-0.1, -0.05) is 32.6 Å². The molecular formula is C23H30N2O5S. The lowest BCUT2D eigenvalue weighted by atomic mass is 10.2. The lowest BCUT2D eigenvalue weighted by Crippen LogP contribution is -2.42. The number of benzene rings is 1. The van der Waals surface area contributed by atoms with Gasteiger partial charge < -0.3 is 14.4 Å². The van der Waals surface area contributed by atoms with Crippen molar-refractivity contribution in [2.24, 2.45) is 0 Å². The zero-order chi connectivity index (χ0) is 22.8. The van der Waals surface area contributed by atoms with Gasteiger partial charge in [-0.2, -0.15) is 0 Å². The van der Waals surface area contributed by atoms with Crippen LogP contribution in [-0.4, -0.2) is 59.7 Å². The monoisotopic (exact) mass is 446 g/mol. The van der Waals surface area contributed by atoms with E-state index in [-0.39, 0.29) is 17.4 Å². The first kappa shape index (κ1) is 24.5. The van der Waals surface area contributed by atoms with Gasteiger partial charge in [0.1, 0.15) is 13.2 Å². The molecule has 0 bridgehead atoms. The molecule has 0 spiro atoms. The highest BCUT2D eigenvalue weighted by atomic mass is 32.2. The van der Waals surface area contributed by atoms with E-state index in [1.165, 1.54) is 0 Å². The average molecular weight is 447 g/mol. The van der Waals surface area contributed by atoms with Gasteiger partial charge in [-0.15, -0.1) is 0 Å². The van der Waals surface area contributed by atoms with Crippen molar-refractivity contribution in [3.8, 4) is 11.5 Å². The standard InChI is InChI=1S/C23H30N2O5S/c1-5-11-24(12-6-2)21(26)16-25-22(27)20(31-23(25)28)15-17-9-10-18(30-13-7-3)19(14-17)29-8-4/h7,9-10,14-15H,3,5-6,8,11-13,16H2,1-2,4H3/b20-15-. The second-order valence-electron chi connectivity index (χ2n) is 6.89. The van der Waals surface area contributed by atoms with Gasteiger partial charge in [0.2, 0.25) is 5.91 Å². The minimum absolute atomic E-state index is 0.213. The van der Waals surface area contributed by atoms with E-state index in [1.807, 2.05) is 20.8 Å². The number of hydrogen-bond donors (Lipinski definition) is 0. The summed E-state index contributed by atoms with van der Waals surface area (Å²) in [5.74, 6) is 0.447. The number of rotatable bonds is 12. The van der Waals surface area contributed by atoms with Crippen molar-refractivity contribution in [1.29, 1.82) is 0 Å². The normalized spacial score (nSPS) is 14.8. The van der Waals surface area contributed by atoms with Gasteiger partial charge in [-0.05, 0) is 55.3 Å². The van der Waals surface area contributed by atoms with Crippen molar-refractivity contribution in [3.05, 3.63) is 41.3 Å². The van der Waals surface area contributed by atoms with Crippen LogP contribution in [0.15, 0.2) is 35.8 Å². The summed E-state index contributed by atoms with van der Waals surface area (Å²) in [7, 11) is 0. The largest absolute Gasteiger partial charge is 0.490 e. The molecule has 1 fully saturated rings. The molecule has 3 amide bonds. The molecule has 1 heterocycles. The SMILES string of the molecule is C=CCOc1ccc(/C=C2\SC(=O)N(CC(=O)N(CCC)CCC)C2=O)cc1OCC. The van der Waals surface area contributed by atoms with E-state index in [9.17, 15) is 14.4 Å². The molecule has 1 aliphatic rings. The quantitative estimate of drug-likeness (QED) is 0.351. The number of carbonyl (C=O) groups is 3. The maximum atomic E-state index is 12.8. The van der Waals surface area contributed by atoms with Gasteiger partial charge in [0.05, 0.1) is 11.5 Å². The Kier molecular flexibility index (Phi) is 9.65. The van der Waals surface area contributed by atoms with Gasteiger partial charge in [0.15, 0.2) is 11.5 Å². The van der Waals surface area contributed by atoms with Gasteiger partial charge in [-0.25, -0.2) is 0 Å². The number of nitrogens with zero attached hydrogens (tertiary/aromatic N) is 2. The minimum Gasteiger partial charge on any atom is -0.490 e.